The minimum atomic E-state index is -0.934. The van der Waals surface area contributed by atoms with Gasteiger partial charge in [-0.25, -0.2) is 4.39 Å². The summed E-state index contributed by atoms with van der Waals surface area (Å²) in [6, 6.07) is 3.66. The molecule has 2 aliphatic rings. The Morgan fingerprint density at radius 3 is 2.48 bits per heavy atom. The third-order valence-corrected chi connectivity index (χ3v) is 4.98. The summed E-state index contributed by atoms with van der Waals surface area (Å²) in [7, 11) is -0.934. The number of hydrogen-bond donors (Lipinski definition) is 0. The lowest BCUT2D eigenvalue weighted by Gasteiger charge is -2.32. The van der Waals surface area contributed by atoms with Crippen LogP contribution in [0.1, 0.15) is 40.5 Å². The summed E-state index contributed by atoms with van der Waals surface area (Å²) in [5.74, 6) is 0.697. The van der Waals surface area contributed by atoms with Crippen LogP contribution in [-0.4, -0.2) is 29.9 Å². The second-order valence-electron chi connectivity index (χ2n) is 7.46. The minimum Gasteiger partial charge on any atom is -0.491 e. The molecule has 4 nitrogen and oxygen atoms in total. The topological polar surface area (TPSA) is 40.6 Å². The van der Waals surface area contributed by atoms with E-state index in [0.29, 0.717) is 12.4 Å². The van der Waals surface area contributed by atoms with Gasteiger partial charge in [-0.3, -0.25) is 4.98 Å². The van der Waals surface area contributed by atoms with Crippen molar-refractivity contribution < 1.29 is 18.4 Å². The molecule has 6 heteroatoms. The Morgan fingerprint density at radius 1 is 1.30 bits per heavy atom. The number of hydrogen-bond acceptors (Lipinski definition) is 4. The average molecular weight is 319 g/mol. The molecule has 2 heterocycles. The van der Waals surface area contributed by atoms with E-state index in [0.717, 1.165) is 12.8 Å². The molecule has 1 aliphatic heterocycles. The zero-order valence-electron chi connectivity index (χ0n) is 14.1. The summed E-state index contributed by atoms with van der Waals surface area (Å²) >= 11 is 0. The molecule has 0 N–H and O–H groups in total. The van der Waals surface area contributed by atoms with Crippen LogP contribution < -0.4 is 4.74 Å². The summed E-state index contributed by atoms with van der Waals surface area (Å²) in [5.41, 5.74) is -1.70. The highest BCUT2D eigenvalue weighted by atomic mass is 19.1. The van der Waals surface area contributed by atoms with Crippen molar-refractivity contribution in [2.75, 3.05) is 6.61 Å². The molecule has 1 saturated heterocycles. The van der Waals surface area contributed by atoms with Crippen LogP contribution in [0.3, 0.4) is 0 Å². The summed E-state index contributed by atoms with van der Waals surface area (Å²) in [6.45, 7) is 8.10. The van der Waals surface area contributed by atoms with Gasteiger partial charge in [0.25, 0.3) is 0 Å². The van der Waals surface area contributed by atoms with Gasteiger partial charge in [-0.1, -0.05) is 0 Å². The molecule has 1 saturated carbocycles. The van der Waals surface area contributed by atoms with E-state index in [2.05, 4.69) is 4.98 Å². The molecular weight excluding hydrogens is 296 g/mol. The maximum absolute atomic E-state index is 14.6. The molecule has 0 unspecified atom stereocenters. The number of aromatic nitrogens is 1. The maximum atomic E-state index is 14.6. The van der Waals surface area contributed by atoms with Crippen molar-refractivity contribution >= 4 is 7.12 Å². The molecule has 23 heavy (non-hydrogen) atoms. The molecule has 1 aromatic heterocycles. The summed E-state index contributed by atoms with van der Waals surface area (Å²) < 4.78 is 31.8. The third kappa shape index (κ3) is 3.43. The van der Waals surface area contributed by atoms with Crippen LogP contribution in [0.15, 0.2) is 36.3 Å². The lowest BCUT2D eigenvalue weighted by Crippen LogP contribution is -2.41. The normalized spacial score (nSPS) is 24.6. The fraction of sp³-hybridized carbons (Fsp3) is 0.588. The van der Waals surface area contributed by atoms with Gasteiger partial charge in [0.2, 0.25) is 0 Å². The van der Waals surface area contributed by atoms with Crippen molar-refractivity contribution in [3.05, 3.63) is 36.3 Å². The van der Waals surface area contributed by atoms with Gasteiger partial charge in [0.05, 0.1) is 24.0 Å². The predicted molar refractivity (Wildman–Crippen MR) is 86.7 cm³/mol. The quantitative estimate of drug-likeness (QED) is 0.776. The van der Waals surface area contributed by atoms with E-state index >= 15 is 0 Å². The number of pyridine rings is 1. The van der Waals surface area contributed by atoms with Crippen LogP contribution in [0.25, 0.3) is 0 Å². The van der Waals surface area contributed by atoms with E-state index in [9.17, 15) is 4.39 Å². The summed E-state index contributed by atoms with van der Waals surface area (Å²) in [4.78, 5) is 4.01. The van der Waals surface area contributed by atoms with Crippen LogP contribution in [0.4, 0.5) is 4.39 Å². The monoisotopic (exact) mass is 319 g/mol. The Hall–Kier alpha value is -1.40. The van der Waals surface area contributed by atoms with Gasteiger partial charge in [0.1, 0.15) is 11.5 Å². The van der Waals surface area contributed by atoms with Crippen molar-refractivity contribution in [2.24, 2.45) is 5.41 Å². The van der Waals surface area contributed by atoms with Gasteiger partial charge in [0, 0.05) is 11.6 Å². The second-order valence-corrected chi connectivity index (χ2v) is 7.46. The molecule has 0 atom stereocenters. The molecule has 0 radical (unpaired) electrons. The summed E-state index contributed by atoms with van der Waals surface area (Å²) in [5, 5.41) is 0. The van der Waals surface area contributed by atoms with Crippen molar-refractivity contribution in [1.82, 2.24) is 4.98 Å². The van der Waals surface area contributed by atoms with Gasteiger partial charge >= 0.3 is 7.12 Å². The molecular formula is C17H23BFNO3. The lowest BCUT2D eigenvalue weighted by molar-refractivity contribution is 0.00578. The Bertz CT molecular complexity index is 583. The van der Waals surface area contributed by atoms with Gasteiger partial charge in [-0.2, -0.15) is 0 Å². The van der Waals surface area contributed by atoms with Crippen molar-refractivity contribution in [3.63, 3.8) is 0 Å². The van der Waals surface area contributed by atoms with Gasteiger partial charge in [-0.05, 0) is 58.7 Å². The van der Waals surface area contributed by atoms with E-state index in [1.54, 1.807) is 18.5 Å². The number of nitrogens with zero attached hydrogens (tertiary/aromatic N) is 1. The van der Waals surface area contributed by atoms with Crippen LogP contribution in [-0.2, 0) is 9.31 Å². The lowest BCUT2D eigenvalue weighted by atomic mass is 9.85. The van der Waals surface area contributed by atoms with E-state index in [1.807, 2.05) is 39.8 Å². The largest absolute Gasteiger partial charge is 0.524 e. The van der Waals surface area contributed by atoms with E-state index < -0.39 is 18.3 Å². The van der Waals surface area contributed by atoms with Crippen molar-refractivity contribution in [2.45, 2.75) is 51.7 Å². The van der Waals surface area contributed by atoms with Crippen LogP contribution in [0.5, 0.6) is 5.75 Å². The highest BCUT2D eigenvalue weighted by molar-refractivity contribution is 6.53. The van der Waals surface area contributed by atoms with Gasteiger partial charge in [0.15, 0.2) is 0 Å². The van der Waals surface area contributed by atoms with E-state index in [4.69, 9.17) is 14.0 Å². The maximum Gasteiger partial charge on any atom is 0.524 e. The molecule has 3 rings (SSSR count). The highest BCUT2D eigenvalue weighted by Gasteiger charge is 2.54. The van der Waals surface area contributed by atoms with E-state index in [-0.39, 0.29) is 11.1 Å². The highest BCUT2D eigenvalue weighted by Crippen LogP contribution is 2.49. The fourth-order valence-corrected chi connectivity index (χ4v) is 2.47. The third-order valence-electron chi connectivity index (χ3n) is 4.98. The molecule has 0 amide bonds. The van der Waals surface area contributed by atoms with Crippen LogP contribution >= 0.6 is 0 Å². The molecule has 0 bridgehead atoms. The standard InChI is InChI=1S/C17H23BFNO3/c1-15(2)16(3,4)23-18(22-15)14(19)10-17(7-8-17)12-21-13-6-5-9-20-11-13/h5-6,9-11H,7-8,12H2,1-4H3. The first-order valence-corrected chi connectivity index (χ1v) is 8.00. The SMILES string of the molecule is CC1(C)OB(C(F)=CC2(COc3cccnc3)CC2)OC1(C)C. The first-order valence-electron chi connectivity index (χ1n) is 8.00. The first kappa shape index (κ1) is 16.5. The smallest absolute Gasteiger partial charge is 0.491 e. The molecule has 1 aromatic rings. The van der Waals surface area contributed by atoms with Crippen molar-refractivity contribution in [1.29, 1.82) is 0 Å². The molecule has 1 aliphatic carbocycles. The zero-order valence-corrected chi connectivity index (χ0v) is 14.1. The van der Waals surface area contributed by atoms with Gasteiger partial charge < -0.3 is 14.0 Å². The fourth-order valence-electron chi connectivity index (χ4n) is 2.47. The number of ether oxygens (including phenoxy) is 1. The Morgan fingerprint density at radius 2 is 1.96 bits per heavy atom. The number of halogens is 1. The zero-order chi connectivity index (χ0) is 16.7. The average Bonchev–Trinajstić information content (AvgIpc) is 3.20. The Balaban J connectivity index is 1.64. The first-order chi connectivity index (χ1) is 10.7. The van der Waals surface area contributed by atoms with E-state index in [1.165, 1.54) is 0 Å². The second kappa shape index (κ2) is 5.60. The molecule has 0 spiro atoms. The predicted octanol–water partition coefficient (Wildman–Crippen LogP) is 3.73. The summed E-state index contributed by atoms with van der Waals surface area (Å²) in [6.07, 6.45) is 6.77. The number of rotatable bonds is 5. The molecule has 2 fully saturated rings. The Labute approximate surface area is 137 Å². The van der Waals surface area contributed by atoms with Crippen molar-refractivity contribution in [3.8, 4) is 5.75 Å². The van der Waals surface area contributed by atoms with Crippen LogP contribution in [0, 0.1) is 5.41 Å². The molecule has 0 aromatic carbocycles. The van der Waals surface area contributed by atoms with Crippen LogP contribution in [0.2, 0.25) is 0 Å². The molecule has 124 valence electrons. The minimum absolute atomic E-state index is 0.260. The Kier molecular flexibility index (Phi) is 4.01. The van der Waals surface area contributed by atoms with Gasteiger partial charge in [-0.15, -0.1) is 0 Å².